The first-order chi connectivity index (χ1) is 12.4. The lowest BCUT2D eigenvalue weighted by Gasteiger charge is -2.10. The second-order valence-electron chi connectivity index (χ2n) is 7.32. The molecule has 1 atom stereocenters. The van der Waals surface area contributed by atoms with Crippen molar-refractivity contribution in [2.45, 2.75) is 95.6 Å². The van der Waals surface area contributed by atoms with E-state index in [-0.39, 0.29) is 0 Å². The maximum Gasteiger partial charge on any atom is 0.320 e. The van der Waals surface area contributed by atoms with Crippen molar-refractivity contribution in [1.29, 1.82) is 0 Å². The molecule has 1 unspecified atom stereocenters. The molecule has 1 saturated heterocycles. The fourth-order valence-corrected chi connectivity index (χ4v) is 4.46. The Morgan fingerprint density at radius 2 is 1.16 bits per heavy atom. The molecule has 1 aliphatic heterocycles. The normalized spacial score (nSPS) is 16.7. The van der Waals surface area contributed by atoms with Gasteiger partial charge in [-0.15, -0.1) is 0 Å². The molecule has 4 nitrogen and oxygen atoms in total. The van der Waals surface area contributed by atoms with Crippen molar-refractivity contribution in [3.63, 3.8) is 0 Å². The maximum atomic E-state index is 5.55. The zero-order chi connectivity index (χ0) is 18.0. The Morgan fingerprint density at radius 3 is 1.60 bits per heavy atom. The predicted molar refractivity (Wildman–Crippen MR) is 107 cm³/mol. The highest BCUT2D eigenvalue weighted by Crippen LogP contribution is 2.14. The summed E-state index contributed by atoms with van der Waals surface area (Å²) in [6, 6.07) is 1.16. The largest absolute Gasteiger partial charge is 0.400 e. The Morgan fingerprint density at radius 1 is 0.720 bits per heavy atom. The van der Waals surface area contributed by atoms with Crippen molar-refractivity contribution < 1.29 is 18.3 Å². The standard InChI is InChI=1S/C20H42O4Si/c1-21-25(22-2)17-15-13-11-9-7-5-3-4-6-8-10-12-14-16-23-18-20-19-24-20/h20,25H,3-19H2,1-2H3. The van der Waals surface area contributed by atoms with Crippen LogP contribution in [-0.2, 0) is 18.3 Å². The van der Waals surface area contributed by atoms with Gasteiger partial charge >= 0.3 is 9.28 Å². The minimum absolute atomic E-state index is 0.417. The van der Waals surface area contributed by atoms with Crippen molar-refractivity contribution in [3.05, 3.63) is 0 Å². The van der Waals surface area contributed by atoms with E-state index in [1.807, 2.05) is 0 Å². The van der Waals surface area contributed by atoms with Gasteiger partial charge in [-0.2, -0.15) is 0 Å². The van der Waals surface area contributed by atoms with Gasteiger partial charge in [0.15, 0.2) is 0 Å². The summed E-state index contributed by atoms with van der Waals surface area (Å²) in [5, 5.41) is 0. The van der Waals surface area contributed by atoms with Crippen LogP contribution in [0.1, 0.15) is 83.5 Å². The van der Waals surface area contributed by atoms with E-state index >= 15 is 0 Å². The van der Waals surface area contributed by atoms with E-state index in [1.54, 1.807) is 14.2 Å². The molecule has 150 valence electrons. The molecular weight excluding hydrogens is 332 g/mol. The molecule has 25 heavy (non-hydrogen) atoms. The van der Waals surface area contributed by atoms with Gasteiger partial charge in [0.1, 0.15) is 6.10 Å². The van der Waals surface area contributed by atoms with Gasteiger partial charge < -0.3 is 18.3 Å². The Hall–Kier alpha value is 0.0569. The summed E-state index contributed by atoms with van der Waals surface area (Å²) < 4.78 is 21.3. The minimum atomic E-state index is -1.30. The third-order valence-electron chi connectivity index (χ3n) is 4.96. The number of epoxide rings is 1. The molecule has 0 bridgehead atoms. The smallest absolute Gasteiger partial charge is 0.320 e. The summed E-state index contributed by atoms with van der Waals surface area (Å²) in [4.78, 5) is 0. The van der Waals surface area contributed by atoms with E-state index in [4.69, 9.17) is 18.3 Å². The van der Waals surface area contributed by atoms with Crippen molar-refractivity contribution >= 4 is 9.28 Å². The molecule has 1 aliphatic rings. The monoisotopic (exact) mass is 374 g/mol. The molecule has 1 fully saturated rings. The summed E-state index contributed by atoms with van der Waals surface area (Å²) in [5.41, 5.74) is 0. The molecule has 0 aromatic carbocycles. The molecule has 0 aromatic heterocycles. The van der Waals surface area contributed by atoms with Crippen LogP contribution in [0.3, 0.4) is 0 Å². The van der Waals surface area contributed by atoms with Crippen molar-refractivity contribution in [3.8, 4) is 0 Å². The number of unbranched alkanes of at least 4 members (excludes halogenated alkanes) is 12. The van der Waals surface area contributed by atoms with Gasteiger partial charge in [0.05, 0.1) is 13.2 Å². The molecule has 0 aromatic rings. The fraction of sp³-hybridized carbons (Fsp3) is 1.00. The minimum Gasteiger partial charge on any atom is -0.400 e. The van der Waals surface area contributed by atoms with Gasteiger partial charge in [-0.25, -0.2) is 0 Å². The molecule has 0 N–H and O–H groups in total. The molecule has 1 rings (SSSR count). The Labute approximate surface area is 157 Å². The first-order valence-corrected chi connectivity index (χ1v) is 12.4. The van der Waals surface area contributed by atoms with Crippen molar-refractivity contribution in [2.75, 3.05) is 34.0 Å². The van der Waals surface area contributed by atoms with Crippen LogP contribution in [0.15, 0.2) is 0 Å². The van der Waals surface area contributed by atoms with Gasteiger partial charge in [-0.05, 0) is 12.5 Å². The number of rotatable bonds is 20. The Kier molecular flexibility index (Phi) is 16.1. The number of ether oxygens (including phenoxy) is 2. The maximum absolute atomic E-state index is 5.55. The highest BCUT2D eigenvalue weighted by Gasteiger charge is 2.21. The van der Waals surface area contributed by atoms with Crippen LogP contribution < -0.4 is 0 Å². The highest BCUT2D eigenvalue weighted by atomic mass is 28.3. The van der Waals surface area contributed by atoms with E-state index in [9.17, 15) is 0 Å². The lowest BCUT2D eigenvalue weighted by atomic mass is 10.0. The topological polar surface area (TPSA) is 40.2 Å². The van der Waals surface area contributed by atoms with E-state index in [2.05, 4.69) is 0 Å². The molecule has 5 heteroatoms. The number of hydrogen-bond acceptors (Lipinski definition) is 4. The van der Waals surface area contributed by atoms with Crippen LogP contribution in [0.5, 0.6) is 0 Å². The van der Waals surface area contributed by atoms with Crippen LogP contribution in [0.25, 0.3) is 0 Å². The lowest BCUT2D eigenvalue weighted by Crippen LogP contribution is -2.18. The SMILES string of the molecule is CO[SiH](CCCCCCCCCCCCCCCOCC1CO1)OC. The first kappa shape index (κ1) is 23.1. The number of hydrogen-bond donors (Lipinski definition) is 0. The van der Waals surface area contributed by atoms with E-state index in [0.29, 0.717) is 6.10 Å². The zero-order valence-electron chi connectivity index (χ0n) is 16.8. The van der Waals surface area contributed by atoms with Gasteiger partial charge in [0.25, 0.3) is 0 Å². The highest BCUT2D eigenvalue weighted by molar-refractivity contribution is 6.44. The molecule has 0 saturated carbocycles. The summed E-state index contributed by atoms with van der Waals surface area (Å²) in [5.74, 6) is 0. The van der Waals surface area contributed by atoms with E-state index < -0.39 is 9.28 Å². The predicted octanol–water partition coefficient (Wildman–Crippen LogP) is 4.99. The van der Waals surface area contributed by atoms with E-state index in [0.717, 1.165) is 25.9 Å². The van der Waals surface area contributed by atoms with Crippen LogP contribution in [0.2, 0.25) is 6.04 Å². The Balaban J connectivity index is 1.63. The van der Waals surface area contributed by atoms with Gasteiger partial charge in [-0.1, -0.05) is 77.0 Å². The van der Waals surface area contributed by atoms with Crippen LogP contribution in [0, 0.1) is 0 Å². The van der Waals surface area contributed by atoms with Crippen molar-refractivity contribution in [1.82, 2.24) is 0 Å². The third kappa shape index (κ3) is 16.0. The van der Waals surface area contributed by atoms with Crippen LogP contribution in [0.4, 0.5) is 0 Å². The second-order valence-corrected chi connectivity index (χ2v) is 9.70. The summed E-state index contributed by atoms with van der Waals surface area (Å²) in [6.45, 7) is 2.63. The molecule has 0 amide bonds. The Bertz CT molecular complexity index is 270. The third-order valence-corrected chi connectivity index (χ3v) is 6.89. The van der Waals surface area contributed by atoms with Crippen molar-refractivity contribution in [2.24, 2.45) is 0 Å². The van der Waals surface area contributed by atoms with E-state index in [1.165, 1.54) is 83.5 Å². The first-order valence-electron chi connectivity index (χ1n) is 10.6. The molecule has 0 aliphatic carbocycles. The van der Waals surface area contributed by atoms with Crippen LogP contribution in [-0.4, -0.2) is 49.4 Å². The zero-order valence-corrected chi connectivity index (χ0v) is 18.0. The second kappa shape index (κ2) is 17.5. The van der Waals surface area contributed by atoms with Gasteiger partial charge in [0.2, 0.25) is 0 Å². The quantitative estimate of drug-likeness (QED) is 0.171. The lowest BCUT2D eigenvalue weighted by molar-refractivity contribution is 0.113. The molecule has 0 spiro atoms. The van der Waals surface area contributed by atoms with Crippen LogP contribution >= 0.6 is 0 Å². The average molecular weight is 375 g/mol. The molecule has 0 radical (unpaired) electrons. The summed E-state index contributed by atoms with van der Waals surface area (Å²) >= 11 is 0. The molecule has 1 heterocycles. The van der Waals surface area contributed by atoms with Gasteiger partial charge in [0, 0.05) is 20.8 Å². The van der Waals surface area contributed by atoms with Gasteiger partial charge in [-0.3, -0.25) is 0 Å². The fourth-order valence-electron chi connectivity index (χ4n) is 3.17. The summed E-state index contributed by atoms with van der Waals surface area (Å²) in [6.07, 6.45) is 18.2. The summed E-state index contributed by atoms with van der Waals surface area (Å²) in [7, 11) is 2.26. The average Bonchev–Trinajstić information content (AvgIpc) is 3.45. The molecular formula is C20H42O4Si.